The summed E-state index contributed by atoms with van der Waals surface area (Å²) >= 11 is 1.70. The van der Waals surface area contributed by atoms with E-state index in [4.69, 9.17) is 0 Å². The predicted molar refractivity (Wildman–Crippen MR) is 88.7 cm³/mol. The van der Waals surface area contributed by atoms with E-state index in [0.717, 1.165) is 17.5 Å². The summed E-state index contributed by atoms with van der Waals surface area (Å²) in [5.74, 6) is -0.0733. The van der Waals surface area contributed by atoms with Crippen molar-refractivity contribution < 1.29 is 4.79 Å². The number of amides is 1. The van der Waals surface area contributed by atoms with Crippen molar-refractivity contribution in [3.8, 4) is 0 Å². The van der Waals surface area contributed by atoms with Gasteiger partial charge >= 0.3 is 0 Å². The lowest BCUT2D eigenvalue weighted by Crippen LogP contribution is -2.17. The summed E-state index contributed by atoms with van der Waals surface area (Å²) in [6.45, 7) is 0. The molecule has 0 aliphatic rings. The van der Waals surface area contributed by atoms with Crippen LogP contribution in [0.5, 0.6) is 0 Å². The average Bonchev–Trinajstić information content (AvgIpc) is 2.54. The molecule has 0 fully saturated rings. The maximum absolute atomic E-state index is 11.7. The Morgan fingerprint density at radius 3 is 2.52 bits per heavy atom. The molecule has 0 heterocycles. The Bertz CT molecular complexity index is 594. The van der Waals surface area contributed by atoms with Crippen molar-refractivity contribution in [3.63, 3.8) is 0 Å². The summed E-state index contributed by atoms with van der Waals surface area (Å²) in [4.78, 5) is 12.9. The van der Waals surface area contributed by atoms with E-state index in [9.17, 15) is 4.79 Å². The number of rotatable bonds is 6. The van der Waals surface area contributed by atoms with Gasteiger partial charge in [-0.3, -0.25) is 4.79 Å². The first kappa shape index (κ1) is 15.3. The summed E-state index contributed by atoms with van der Waals surface area (Å²) in [6, 6.07) is 18.0. The van der Waals surface area contributed by atoms with Crippen LogP contribution in [0, 0.1) is 0 Å². The smallest absolute Gasteiger partial charge is 0.240 e. The lowest BCUT2D eigenvalue weighted by atomic mass is 10.1. The zero-order valence-electron chi connectivity index (χ0n) is 12.0. The van der Waals surface area contributed by atoms with Crippen LogP contribution in [0.25, 0.3) is 0 Å². The lowest BCUT2D eigenvalue weighted by Gasteiger charge is -2.01. The minimum atomic E-state index is -0.0733. The van der Waals surface area contributed by atoms with Crippen LogP contribution in [-0.2, 0) is 11.2 Å². The fraction of sp³-hybridized carbons (Fsp3) is 0.176. The van der Waals surface area contributed by atoms with Gasteiger partial charge in [-0.15, -0.1) is 11.8 Å². The van der Waals surface area contributed by atoms with Crippen LogP contribution in [0.15, 0.2) is 64.6 Å². The summed E-state index contributed by atoms with van der Waals surface area (Å²) < 4.78 is 0. The van der Waals surface area contributed by atoms with Gasteiger partial charge in [-0.1, -0.05) is 42.5 Å². The first-order valence-electron chi connectivity index (χ1n) is 6.78. The molecule has 2 aromatic carbocycles. The van der Waals surface area contributed by atoms with Gasteiger partial charge in [-0.05, 0) is 35.9 Å². The molecule has 0 bridgehead atoms. The molecule has 1 amide bonds. The molecule has 2 aromatic rings. The second-order valence-electron chi connectivity index (χ2n) is 4.55. The van der Waals surface area contributed by atoms with Crippen LogP contribution in [0.3, 0.4) is 0 Å². The van der Waals surface area contributed by atoms with Crippen molar-refractivity contribution in [2.75, 3.05) is 6.26 Å². The van der Waals surface area contributed by atoms with Crippen molar-refractivity contribution in [2.45, 2.75) is 17.7 Å². The fourth-order valence-corrected chi connectivity index (χ4v) is 2.24. The van der Waals surface area contributed by atoms with Crippen molar-refractivity contribution in [2.24, 2.45) is 5.10 Å². The molecule has 21 heavy (non-hydrogen) atoms. The minimum absolute atomic E-state index is 0.0733. The van der Waals surface area contributed by atoms with Crippen LogP contribution >= 0.6 is 11.8 Å². The molecule has 108 valence electrons. The highest BCUT2D eigenvalue weighted by atomic mass is 32.2. The summed E-state index contributed by atoms with van der Waals surface area (Å²) in [7, 11) is 0. The van der Waals surface area contributed by atoms with Crippen LogP contribution in [-0.4, -0.2) is 18.4 Å². The molecular weight excluding hydrogens is 280 g/mol. The predicted octanol–water partition coefficient (Wildman–Crippen LogP) is 3.49. The number of hydrazone groups is 1. The molecule has 0 saturated heterocycles. The van der Waals surface area contributed by atoms with Gasteiger partial charge < -0.3 is 0 Å². The Morgan fingerprint density at radius 2 is 1.86 bits per heavy atom. The molecule has 4 heteroatoms. The standard InChI is InChI=1S/C17H18N2OS/c1-21-16-10-7-15(8-11-16)13-18-19-17(20)12-9-14-5-3-2-4-6-14/h2-8,10-11,13H,9,12H2,1H3,(H,19,20)/b18-13-. The molecule has 2 rings (SSSR count). The topological polar surface area (TPSA) is 41.5 Å². The Hall–Kier alpha value is -2.07. The van der Waals surface area contributed by atoms with Gasteiger partial charge in [0, 0.05) is 11.3 Å². The summed E-state index contributed by atoms with van der Waals surface area (Å²) in [6.07, 6.45) is 4.86. The second-order valence-corrected chi connectivity index (χ2v) is 5.43. The average molecular weight is 298 g/mol. The number of benzene rings is 2. The quantitative estimate of drug-likeness (QED) is 0.504. The van der Waals surface area contributed by atoms with Crippen molar-refractivity contribution in [3.05, 3.63) is 65.7 Å². The molecule has 0 aliphatic heterocycles. The van der Waals surface area contributed by atoms with E-state index in [1.807, 2.05) is 60.9 Å². The molecule has 0 atom stereocenters. The largest absolute Gasteiger partial charge is 0.273 e. The van der Waals surface area contributed by atoms with Crippen molar-refractivity contribution in [1.29, 1.82) is 0 Å². The van der Waals surface area contributed by atoms with Gasteiger partial charge in [-0.2, -0.15) is 5.10 Å². The normalized spacial score (nSPS) is 10.7. The number of carbonyl (C=O) groups is 1. The maximum atomic E-state index is 11.7. The van der Waals surface area contributed by atoms with Crippen LogP contribution in [0.4, 0.5) is 0 Å². The highest BCUT2D eigenvalue weighted by molar-refractivity contribution is 7.98. The Labute approximate surface area is 129 Å². The van der Waals surface area contributed by atoms with E-state index >= 15 is 0 Å². The van der Waals surface area contributed by atoms with E-state index in [1.165, 1.54) is 4.90 Å². The monoisotopic (exact) mass is 298 g/mol. The SMILES string of the molecule is CSc1ccc(/C=N\NC(=O)CCc2ccccc2)cc1. The number of nitrogens with one attached hydrogen (secondary N) is 1. The van der Waals surface area contributed by atoms with Crippen LogP contribution < -0.4 is 5.43 Å². The first-order chi connectivity index (χ1) is 10.3. The molecule has 0 aliphatic carbocycles. The number of thioether (sulfide) groups is 1. The van der Waals surface area contributed by atoms with Gasteiger partial charge in [0.25, 0.3) is 0 Å². The number of nitrogens with zero attached hydrogens (tertiary/aromatic N) is 1. The molecule has 1 N–H and O–H groups in total. The Balaban J connectivity index is 1.76. The fourth-order valence-electron chi connectivity index (χ4n) is 1.83. The van der Waals surface area contributed by atoms with Crippen LogP contribution in [0.1, 0.15) is 17.5 Å². The molecule has 0 saturated carbocycles. The highest BCUT2D eigenvalue weighted by Gasteiger charge is 2.00. The van der Waals surface area contributed by atoms with E-state index in [-0.39, 0.29) is 5.91 Å². The molecule has 0 radical (unpaired) electrons. The number of hydrogen-bond acceptors (Lipinski definition) is 3. The van der Waals surface area contributed by atoms with Gasteiger partial charge in [0.15, 0.2) is 0 Å². The third-order valence-corrected chi connectivity index (χ3v) is 3.75. The first-order valence-corrected chi connectivity index (χ1v) is 8.00. The van der Waals surface area contributed by atoms with Gasteiger partial charge in [0.05, 0.1) is 6.21 Å². The van der Waals surface area contributed by atoms with Crippen LogP contribution in [0.2, 0.25) is 0 Å². The zero-order valence-corrected chi connectivity index (χ0v) is 12.8. The molecule has 0 unspecified atom stereocenters. The Morgan fingerprint density at radius 1 is 1.14 bits per heavy atom. The van der Waals surface area contributed by atoms with E-state index in [0.29, 0.717) is 6.42 Å². The number of carbonyl (C=O) groups excluding carboxylic acids is 1. The van der Waals surface area contributed by atoms with E-state index < -0.39 is 0 Å². The highest BCUT2D eigenvalue weighted by Crippen LogP contribution is 2.13. The minimum Gasteiger partial charge on any atom is -0.273 e. The van der Waals surface area contributed by atoms with Crippen molar-refractivity contribution >= 4 is 23.9 Å². The van der Waals surface area contributed by atoms with Crippen molar-refractivity contribution in [1.82, 2.24) is 5.43 Å². The molecule has 3 nitrogen and oxygen atoms in total. The van der Waals surface area contributed by atoms with Gasteiger partial charge in [-0.25, -0.2) is 5.43 Å². The summed E-state index contributed by atoms with van der Waals surface area (Å²) in [5.41, 5.74) is 4.68. The second kappa shape index (κ2) is 8.27. The van der Waals surface area contributed by atoms with E-state index in [2.05, 4.69) is 10.5 Å². The molecular formula is C17H18N2OS. The molecule has 0 aromatic heterocycles. The number of aryl methyl sites for hydroxylation is 1. The third kappa shape index (κ3) is 5.44. The Kier molecular flexibility index (Phi) is 6.03. The third-order valence-electron chi connectivity index (χ3n) is 3.00. The zero-order chi connectivity index (χ0) is 14.9. The van der Waals surface area contributed by atoms with Gasteiger partial charge in [0.2, 0.25) is 5.91 Å². The van der Waals surface area contributed by atoms with Gasteiger partial charge in [0.1, 0.15) is 0 Å². The number of hydrogen-bond donors (Lipinski definition) is 1. The lowest BCUT2D eigenvalue weighted by molar-refractivity contribution is -0.121. The molecule has 0 spiro atoms. The summed E-state index contributed by atoms with van der Waals surface area (Å²) in [5, 5.41) is 3.98. The van der Waals surface area contributed by atoms with E-state index in [1.54, 1.807) is 18.0 Å². The maximum Gasteiger partial charge on any atom is 0.240 e.